The van der Waals surface area contributed by atoms with Crippen molar-refractivity contribution in [2.45, 2.75) is 20.0 Å². The average Bonchev–Trinajstić information content (AvgIpc) is 2.99. The number of benzene rings is 1. The number of nitrogens with zero attached hydrogens (tertiary/aromatic N) is 1. The minimum Gasteiger partial charge on any atom is -0.486 e. The molecule has 0 aliphatic carbocycles. The van der Waals surface area contributed by atoms with Gasteiger partial charge in [-0.3, -0.25) is 4.79 Å². The zero-order valence-corrected chi connectivity index (χ0v) is 13.2. The quantitative estimate of drug-likeness (QED) is 0.854. The van der Waals surface area contributed by atoms with Crippen molar-refractivity contribution in [2.75, 3.05) is 18.5 Å². The number of amides is 1. The third-order valence-corrected chi connectivity index (χ3v) is 3.31. The number of aryl methyl sites for hydroxylation is 1. The minimum atomic E-state index is -0.997. The molecule has 1 atom stereocenters. The summed E-state index contributed by atoms with van der Waals surface area (Å²) in [7, 11) is 0. The number of ether oxygens (including phenoxy) is 3. The van der Waals surface area contributed by atoms with Crippen LogP contribution in [0.15, 0.2) is 28.8 Å². The van der Waals surface area contributed by atoms with Gasteiger partial charge in [-0.15, -0.1) is 0 Å². The molecule has 24 heavy (non-hydrogen) atoms. The van der Waals surface area contributed by atoms with Crippen molar-refractivity contribution >= 4 is 17.7 Å². The normalized spacial score (nSPS) is 13.9. The molecule has 0 radical (unpaired) electrons. The molecule has 8 nitrogen and oxygen atoms in total. The number of anilines is 1. The fourth-order valence-electron chi connectivity index (χ4n) is 2.11. The lowest BCUT2D eigenvalue weighted by Gasteiger charge is -2.19. The van der Waals surface area contributed by atoms with Crippen LogP contribution in [0.5, 0.6) is 11.5 Å². The number of hydrogen-bond acceptors (Lipinski definition) is 7. The van der Waals surface area contributed by atoms with Crippen LogP contribution in [0.3, 0.4) is 0 Å². The Morgan fingerprint density at radius 1 is 1.21 bits per heavy atom. The van der Waals surface area contributed by atoms with E-state index in [4.69, 9.17) is 18.7 Å². The first kappa shape index (κ1) is 15.9. The largest absolute Gasteiger partial charge is 0.486 e. The first-order chi connectivity index (χ1) is 11.5. The molecule has 0 saturated heterocycles. The van der Waals surface area contributed by atoms with E-state index in [0.29, 0.717) is 30.5 Å². The van der Waals surface area contributed by atoms with Crippen LogP contribution >= 0.6 is 0 Å². The van der Waals surface area contributed by atoms with Crippen LogP contribution in [0.1, 0.15) is 23.0 Å². The van der Waals surface area contributed by atoms with Gasteiger partial charge in [0, 0.05) is 6.07 Å². The van der Waals surface area contributed by atoms with Crippen molar-refractivity contribution < 1.29 is 28.3 Å². The molecular formula is C16H16N2O6. The van der Waals surface area contributed by atoms with Gasteiger partial charge in [0.05, 0.1) is 5.56 Å². The van der Waals surface area contributed by atoms with Gasteiger partial charge in [0.15, 0.2) is 23.4 Å². The minimum absolute atomic E-state index is 0.264. The van der Waals surface area contributed by atoms with Gasteiger partial charge in [-0.1, -0.05) is 5.16 Å². The molecule has 3 rings (SSSR count). The van der Waals surface area contributed by atoms with Gasteiger partial charge in [0.25, 0.3) is 5.91 Å². The van der Waals surface area contributed by atoms with Crippen molar-refractivity contribution in [1.29, 1.82) is 0 Å². The predicted octanol–water partition coefficient (Wildman–Crippen LogP) is 1.94. The summed E-state index contributed by atoms with van der Waals surface area (Å²) in [6.45, 7) is 4.06. The van der Waals surface area contributed by atoms with E-state index in [-0.39, 0.29) is 11.4 Å². The smallest absolute Gasteiger partial charge is 0.339 e. The number of hydrogen-bond donors (Lipinski definition) is 1. The molecule has 0 fully saturated rings. The fourth-order valence-corrected chi connectivity index (χ4v) is 2.11. The number of rotatable bonds is 4. The molecule has 0 bridgehead atoms. The van der Waals surface area contributed by atoms with E-state index in [1.54, 1.807) is 25.1 Å². The van der Waals surface area contributed by atoms with Crippen molar-refractivity contribution in [3.63, 3.8) is 0 Å². The second kappa shape index (κ2) is 6.61. The Hall–Kier alpha value is -3.03. The van der Waals surface area contributed by atoms with E-state index in [1.807, 2.05) is 0 Å². The summed E-state index contributed by atoms with van der Waals surface area (Å²) in [4.78, 5) is 24.2. The number of nitrogens with one attached hydrogen (secondary N) is 1. The van der Waals surface area contributed by atoms with E-state index in [0.717, 1.165) is 0 Å². The Balaban J connectivity index is 1.62. The highest BCUT2D eigenvalue weighted by molar-refractivity contribution is 5.97. The van der Waals surface area contributed by atoms with Gasteiger partial charge < -0.3 is 24.1 Å². The van der Waals surface area contributed by atoms with E-state index in [9.17, 15) is 9.59 Å². The van der Waals surface area contributed by atoms with Crippen LogP contribution in [-0.2, 0) is 9.53 Å². The van der Waals surface area contributed by atoms with Crippen LogP contribution in [0.4, 0.5) is 5.82 Å². The molecule has 1 aromatic heterocycles. The van der Waals surface area contributed by atoms with Gasteiger partial charge in [0.1, 0.15) is 19.0 Å². The summed E-state index contributed by atoms with van der Waals surface area (Å²) < 4.78 is 20.8. The van der Waals surface area contributed by atoms with Crippen LogP contribution in [0, 0.1) is 6.92 Å². The fraction of sp³-hybridized carbons (Fsp3) is 0.312. The third-order valence-electron chi connectivity index (χ3n) is 3.31. The van der Waals surface area contributed by atoms with E-state index in [2.05, 4.69) is 10.5 Å². The molecular weight excluding hydrogens is 316 g/mol. The molecule has 1 N–H and O–H groups in total. The van der Waals surface area contributed by atoms with Crippen LogP contribution in [-0.4, -0.2) is 36.4 Å². The zero-order chi connectivity index (χ0) is 17.1. The molecule has 1 aromatic carbocycles. The van der Waals surface area contributed by atoms with Gasteiger partial charge in [-0.05, 0) is 32.0 Å². The summed E-state index contributed by atoms with van der Waals surface area (Å²) in [5, 5.41) is 6.15. The summed E-state index contributed by atoms with van der Waals surface area (Å²) in [5.74, 6) is 0.738. The lowest BCUT2D eigenvalue weighted by Crippen LogP contribution is -2.30. The van der Waals surface area contributed by atoms with Crippen molar-refractivity contribution in [3.05, 3.63) is 35.6 Å². The maximum Gasteiger partial charge on any atom is 0.339 e. The molecule has 126 valence electrons. The number of carbonyl (C=O) groups excluding carboxylic acids is 2. The molecule has 2 heterocycles. The van der Waals surface area contributed by atoms with E-state index < -0.39 is 18.0 Å². The molecule has 1 unspecified atom stereocenters. The van der Waals surface area contributed by atoms with Crippen LogP contribution in [0.2, 0.25) is 0 Å². The Morgan fingerprint density at radius 2 is 1.96 bits per heavy atom. The van der Waals surface area contributed by atoms with E-state index >= 15 is 0 Å². The van der Waals surface area contributed by atoms with Crippen molar-refractivity contribution in [1.82, 2.24) is 5.16 Å². The summed E-state index contributed by atoms with van der Waals surface area (Å²) >= 11 is 0. The number of carbonyl (C=O) groups is 2. The van der Waals surface area contributed by atoms with Gasteiger partial charge in [-0.2, -0.15) is 0 Å². The maximum absolute atomic E-state index is 12.2. The Labute approximate surface area is 137 Å². The Bertz CT molecular complexity index is 770. The lowest BCUT2D eigenvalue weighted by molar-refractivity contribution is -0.123. The summed E-state index contributed by atoms with van der Waals surface area (Å²) in [6.07, 6.45) is -0.997. The van der Waals surface area contributed by atoms with Crippen molar-refractivity contribution in [3.8, 4) is 11.5 Å². The highest BCUT2D eigenvalue weighted by Crippen LogP contribution is 2.31. The maximum atomic E-state index is 12.2. The second-order valence-corrected chi connectivity index (χ2v) is 5.22. The highest BCUT2D eigenvalue weighted by atomic mass is 16.6. The highest BCUT2D eigenvalue weighted by Gasteiger charge is 2.22. The molecule has 1 aliphatic rings. The summed E-state index contributed by atoms with van der Waals surface area (Å²) in [5.41, 5.74) is 0.274. The monoisotopic (exact) mass is 332 g/mol. The van der Waals surface area contributed by atoms with Crippen molar-refractivity contribution in [2.24, 2.45) is 0 Å². The molecule has 2 aromatic rings. The van der Waals surface area contributed by atoms with Gasteiger partial charge in [0.2, 0.25) is 0 Å². The first-order valence-corrected chi connectivity index (χ1v) is 7.38. The molecule has 8 heteroatoms. The van der Waals surface area contributed by atoms with Crippen LogP contribution < -0.4 is 14.8 Å². The number of aromatic nitrogens is 1. The van der Waals surface area contributed by atoms with Crippen LogP contribution in [0.25, 0.3) is 0 Å². The average molecular weight is 332 g/mol. The Morgan fingerprint density at radius 3 is 2.67 bits per heavy atom. The zero-order valence-electron chi connectivity index (χ0n) is 13.2. The molecule has 1 aliphatic heterocycles. The molecule has 1 amide bonds. The number of fused-ring (bicyclic) bond motifs is 1. The number of esters is 1. The van der Waals surface area contributed by atoms with E-state index in [1.165, 1.54) is 13.0 Å². The SMILES string of the molecule is Cc1cc(NC(=O)C(C)OC(=O)c2ccc3c(c2)OCCO3)no1. The standard InChI is InChI=1S/C16H16N2O6/c1-9-7-14(18-24-9)17-15(19)10(2)23-16(20)11-3-4-12-13(8-11)22-6-5-21-12/h3-4,7-8,10H,5-6H2,1-2H3,(H,17,18,19). The Kier molecular flexibility index (Phi) is 4.37. The molecule has 0 saturated carbocycles. The van der Waals surface area contributed by atoms with Gasteiger partial charge >= 0.3 is 5.97 Å². The van der Waals surface area contributed by atoms with Gasteiger partial charge in [-0.25, -0.2) is 4.79 Å². The topological polar surface area (TPSA) is 99.9 Å². The first-order valence-electron chi connectivity index (χ1n) is 7.38. The summed E-state index contributed by atoms with van der Waals surface area (Å²) in [6, 6.07) is 6.28. The molecule has 0 spiro atoms. The third kappa shape index (κ3) is 3.48. The predicted molar refractivity (Wildman–Crippen MR) is 82.2 cm³/mol. The lowest BCUT2D eigenvalue weighted by atomic mass is 10.2. The second-order valence-electron chi connectivity index (χ2n) is 5.22.